The minimum Gasteiger partial charge on any atom is -0.545 e. The van der Waals surface area contributed by atoms with E-state index in [1.54, 1.807) is 30.3 Å². The first-order chi connectivity index (χ1) is 12.8. The molecule has 7 nitrogen and oxygen atoms in total. The molecule has 2 aromatic rings. The molecule has 1 aliphatic heterocycles. The molecule has 2 atom stereocenters. The van der Waals surface area contributed by atoms with E-state index < -0.39 is 16.0 Å². The van der Waals surface area contributed by atoms with Gasteiger partial charge in [0.05, 0.1) is 23.1 Å². The number of benzene rings is 2. The number of nitrogens with one attached hydrogen (secondary N) is 1. The van der Waals surface area contributed by atoms with E-state index in [2.05, 4.69) is 4.72 Å². The highest BCUT2D eigenvalue weighted by Gasteiger charge is 2.24. The van der Waals surface area contributed by atoms with Gasteiger partial charge in [0.15, 0.2) is 0 Å². The molecule has 144 valence electrons. The molecule has 0 unspecified atom stereocenters. The smallest absolute Gasteiger partial charge is 0.261 e. The Morgan fingerprint density at radius 1 is 1.11 bits per heavy atom. The van der Waals surface area contributed by atoms with Gasteiger partial charge in [-0.15, -0.1) is 0 Å². The van der Waals surface area contributed by atoms with Gasteiger partial charge in [0.25, 0.3) is 10.0 Å². The third-order valence-electron chi connectivity index (χ3n) is 4.28. The van der Waals surface area contributed by atoms with E-state index in [1.807, 2.05) is 18.7 Å². The highest BCUT2D eigenvalue weighted by molar-refractivity contribution is 7.92. The lowest BCUT2D eigenvalue weighted by Crippen LogP contribution is -2.46. The van der Waals surface area contributed by atoms with E-state index in [-0.39, 0.29) is 28.4 Å². The van der Waals surface area contributed by atoms with Crippen LogP contribution in [-0.4, -0.2) is 39.7 Å². The second-order valence-electron chi connectivity index (χ2n) is 6.60. The number of carbonyl (C=O) groups excluding carboxylic acids is 1. The number of anilines is 2. The molecule has 0 aliphatic carbocycles. The largest absolute Gasteiger partial charge is 0.545 e. The topological polar surface area (TPSA) is 98.8 Å². The van der Waals surface area contributed by atoms with Gasteiger partial charge in [-0.1, -0.05) is 18.2 Å². The van der Waals surface area contributed by atoms with Crippen LogP contribution >= 0.6 is 0 Å². The maximum absolute atomic E-state index is 12.5. The summed E-state index contributed by atoms with van der Waals surface area (Å²) in [5.41, 5.74) is 0.584. The molecule has 8 heteroatoms. The summed E-state index contributed by atoms with van der Waals surface area (Å²) in [4.78, 5) is 13.7. The summed E-state index contributed by atoms with van der Waals surface area (Å²) in [7, 11) is -3.81. The number of sulfonamides is 1. The minimum atomic E-state index is -3.81. The normalized spacial score (nSPS) is 20.3. The lowest BCUT2D eigenvalue weighted by Gasteiger charge is -2.38. The molecular weight excluding hydrogens is 368 g/mol. The van der Waals surface area contributed by atoms with Crippen LogP contribution in [0, 0.1) is 0 Å². The molecular formula is C19H21N2O5S-. The van der Waals surface area contributed by atoms with Crippen LogP contribution in [0.15, 0.2) is 53.4 Å². The van der Waals surface area contributed by atoms with Crippen molar-refractivity contribution in [3.8, 4) is 0 Å². The van der Waals surface area contributed by atoms with Crippen molar-refractivity contribution in [1.82, 2.24) is 0 Å². The molecule has 0 saturated carbocycles. The number of ether oxygens (including phenoxy) is 1. The molecule has 1 aliphatic rings. The summed E-state index contributed by atoms with van der Waals surface area (Å²) >= 11 is 0. The Labute approximate surface area is 158 Å². The predicted octanol–water partition coefficient (Wildman–Crippen LogP) is 1.46. The summed E-state index contributed by atoms with van der Waals surface area (Å²) in [6, 6.07) is 12.3. The molecule has 0 radical (unpaired) electrons. The van der Waals surface area contributed by atoms with Crippen molar-refractivity contribution in [2.45, 2.75) is 31.0 Å². The Hall–Kier alpha value is -2.58. The van der Waals surface area contributed by atoms with Gasteiger partial charge in [-0.3, -0.25) is 4.72 Å². The van der Waals surface area contributed by atoms with E-state index in [1.165, 1.54) is 18.2 Å². The number of aromatic carboxylic acids is 1. The van der Waals surface area contributed by atoms with Crippen molar-refractivity contribution < 1.29 is 23.1 Å². The summed E-state index contributed by atoms with van der Waals surface area (Å²) in [6.07, 6.45) is -0.0840. The highest BCUT2D eigenvalue weighted by Crippen LogP contribution is 2.28. The zero-order chi connectivity index (χ0) is 19.6. The van der Waals surface area contributed by atoms with Crippen molar-refractivity contribution in [3.63, 3.8) is 0 Å². The van der Waals surface area contributed by atoms with Gasteiger partial charge in [-0.25, -0.2) is 8.42 Å². The van der Waals surface area contributed by atoms with Crippen LogP contribution in [0.25, 0.3) is 0 Å². The molecule has 27 heavy (non-hydrogen) atoms. The summed E-state index contributed by atoms with van der Waals surface area (Å²) < 4.78 is 33.0. The first-order valence-electron chi connectivity index (χ1n) is 8.60. The van der Waals surface area contributed by atoms with Gasteiger partial charge < -0.3 is 19.5 Å². The van der Waals surface area contributed by atoms with Crippen LogP contribution in [0.4, 0.5) is 11.4 Å². The number of morpholine rings is 1. The number of rotatable bonds is 5. The zero-order valence-electron chi connectivity index (χ0n) is 15.1. The third-order valence-corrected chi connectivity index (χ3v) is 5.68. The maximum Gasteiger partial charge on any atom is 0.261 e. The van der Waals surface area contributed by atoms with E-state index >= 15 is 0 Å². The van der Waals surface area contributed by atoms with E-state index in [0.717, 1.165) is 0 Å². The number of carboxylic acids is 1. The van der Waals surface area contributed by atoms with Gasteiger partial charge in [-0.05, 0) is 44.2 Å². The second-order valence-corrected chi connectivity index (χ2v) is 8.28. The molecule has 0 spiro atoms. The highest BCUT2D eigenvalue weighted by atomic mass is 32.2. The quantitative estimate of drug-likeness (QED) is 0.831. The molecule has 1 saturated heterocycles. The SMILES string of the molecule is C[C@@H]1CN(c2ccc(NS(=O)(=O)c3ccccc3)cc2C(=O)[O-])C[C@H](C)O1. The maximum atomic E-state index is 12.5. The third kappa shape index (κ3) is 4.40. The van der Waals surface area contributed by atoms with Crippen LogP contribution in [0.1, 0.15) is 24.2 Å². The fourth-order valence-electron chi connectivity index (χ4n) is 3.23. The monoisotopic (exact) mass is 389 g/mol. The van der Waals surface area contributed by atoms with E-state index in [0.29, 0.717) is 18.8 Å². The summed E-state index contributed by atoms with van der Waals surface area (Å²) in [6.45, 7) is 4.92. The minimum absolute atomic E-state index is 0.0420. The molecule has 2 aromatic carbocycles. The Balaban J connectivity index is 1.91. The Morgan fingerprint density at radius 3 is 2.33 bits per heavy atom. The first-order valence-corrected chi connectivity index (χ1v) is 10.1. The Bertz CT molecular complexity index is 920. The zero-order valence-corrected chi connectivity index (χ0v) is 15.9. The number of carboxylic acid groups (broad SMARTS) is 1. The van der Waals surface area contributed by atoms with Crippen LogP contribution in [0.2, 0.25) is 0 Å². The average molecular weight is 389 g/mol. The molecule has 1 fully saturated rings. The standard InChI is InChI=1S/C19H22N2O5S/c1-13-11-21(12-14(2)26-13)18-9-8-15(10-17(18)19(22)23)20-27(24,25)16-6-4-3-5-7-16/h3-10,13-14,20H,11-12H2,1-2H3,(H,22,23)/p-1/t13-,14+. The molecule has 0 aromatic heterocycles. The van der Waals surface area contributed by atoms with Crippen molar-refractivity contribution in [2.75, 3.05) is 22.7 Å². The predicted molar refractivity (Wildman–Crippen MR) is 100 cm³/mol. The number of nitrogens with zero attached hydrogens (tertiary/aromatic N) is 1. The lowest BCUT2D eigenvalue weighted by atomic mass is 10.1. The van der Waals surface area contributed by atoms with Crippen LogP contribution in [-0.2, 0) is 14.8 Å². The average Bonchev–Trinajstić information content (AvgIpc) is 2.61. The van der Waals surface area contributed by atoms with E-state index in [9.17, 15) is 18.3 Å². The number of hydrogen-bond donors (Lipinski definition) is 1. The Morgan fingerprint density at radius 2 is 1.74 bits per heavy atom. The molecule has 0 amide bonds. The van der Waals surface area contributed by atoms with Gasteiger partial charge >= 0.3 is 0 Å². The summed E-state index contributed by atoms with van der Waals surface area (Å²) in [5, 5.41) is 11.7. The molecule has 0 bridgehead atoms. The Kier molecular flexibility index (Phi) is 5.38. The molecule has 3 rings (SSSR count). The van der Waals surface area contributed by atoms with Gasteiger partial charge in [0.1, 0.15) is 0 Å². The summed E-state index contributed by atoms with van der Waals surface area (Å²) in [5.74, 6) is -1.36. The van der Waals surface area contributed by atoms with Crippen LogP contribution < -0.4 is 14.7 Å². The van der Waals surface area contributed by atoms with E-state index in [4.69, 9.17) is 4.74 Å². The van der Waals surface area contributed by atoms with Crippen molar-refractivity contribution in [1.29, 1.82) is 0 Å². The second kappa shape index (κ2) is 7.58. The van der Waals surface area contributed by atoms with Crippen molar-refractivity contribution in [3.05, 3.63) is 54.1 Å². The lowest BCUT2D eigenvalue weighted by molar-refractivity contribution is -0.254. The van der Waals surface area contributed by atoms with Gasteiger partial charge in [-0.2, -0.15) is 0 Å². The van der Waals surface area contributed by atoms with Gasteiger partial charge in [0, 0.05) is 30.0 Å². The fraction of sp³-hybridized carbons (Fsp3) is 0.316. The van der Waals surface area contributed by atoms with Crippen LogP contribution in [0.3, 0.4) is 0 Å². The number of hydrogen-bond acceptors (Lipinski definition) is 6. The van der Waals surface area contributed by atoms with Crippen molar-refractivity contribution >= 4 is 27.4 Å². The van der Waals surface area contributed by atoms with Crippen molar-refractivity contribution in [2.24, 2.45) is 0 Å². The fourth-order valence-corrected chi connectivity index (χ4v) is 4.30. The number of carbonyl (C=O) groups is 1. The molecule has 1 N–H and O–H groups in total. The van der Waals surface area contributed by atoms with Crippen LogP contribution in [0.5, 0.6) is 0 Å². The first kappa shape index (κ1) is 19.2. The molecule has 1 heterocycles. The van der Waals surface area contributed by atoms with Gasteiger partial charge in [0.2, 0.25) is 0 Å².